The first-order valence-corrected chi connectivity index (χ1v) is 6.99. The number of hydrogen-bond acceptors (Lipinski definition) is 3. The van der Waals surface area contributed by atoms with Gasteiger partial charge in [-0.3, -0.25) is 0 Å². The van der Waals surface area contributed by atoms with Gasteiger partial charge in [-0.1, -0.05) is 13.0 Å². The maximum atomic E-state index is 4.79. The second kappa shape index (κ2) is 5.70. The minimum absolute atomic E-state index is 0.614. The lowest BCUT2D eigenvalue weighted by molar-refractivity contribution is 0.388. The molecule has 1 fully saturated rings. The van der Waals surface area contributed by atoms with Crippen molar-refractivity contribution in [3.8, 4) is 0 Å². The normalized spacial score (nSPS) is 24.3. The van der Waals surface area contributed by atoms with Crippen LogP contribution in [0.15, 0.2) is 12.1 Å². The number of anilines is 1. The number of rotatable bonds is 3. The molecule has 1 aromatic rings. The first-order chi connectivity index (χ1) is 8.61. The highest BCUT2D eigenvalue weighted by atomic mass is 15.2. The Morgan fingerprint density at radius 2 is 2.11 bits per heavy atom. The zero-order chi connectivity index (χ0) is 13.1. The van der Waals surface area contributed by atoms with E-state index in [4.69, 9.17) is 4.98 Å². The average Bonchev–Trinajstić information content (AvgIpc) is 2.35. The number of nitrogens with zero attached hydrogens (tertiary/aromatic N) is 2. The molecule has 0 radical (unpaired) electrons. The fraction of sp³-hybridized carbons (Fsp3) is 0.667. The molecule has 1 N–H and O–H groups in total. The van der Waals surface area contributed by atoms with Gasteiger partial charge < -0.3 is 10.2 Å². The van der Waals surface area contributed by atoms with Gasteiger partial charge in [-0.2, -0.15) is 0 Å². The van der Waals surface area contributed by atoms with E-state index in [0.29, 0.717) is 6.04 Å². The summed E-state index contributed by atoms with van der Waals surface area (Å²) in [5, 5.41) is 3.19. The summed E-state index contributed by atoms with van der Waals surface area (Å²) in [6.07, 6.45) is 2.62. The molecule has 2 rings (SSSR count). The Balaban J connectivity index is 2.19. The summed E-state index contributed by atoms with van der Waals surface area (Å²) >= 11 is 0. The molecular formula is C15H25N3. The van der Waals surface area contributed by atoms with Crippen molar-refractivity contribution in [3.05, 3.63) is 23.4 Å². The molecule has 100 valence electrons. The summed E-state index contributed by atoms with van der Waals surface area (Å²) < 4.78 is 0. The summed E-state index contributed by atoms with van der Waals surface area (Å²) in [5.41, 5.74) is 2.44. The molecule has 0 spiro atoms. The van der Waals surface area contributed by atoms with Gasteiger partial charge in [-0.25, -0.2) is 4.98 Å². The summed E-state index contributed by atoms with van der Waals surface area (Å²) in [6, 6.07) is 5.00. The smallest absolute Gasteiger partial charge is 0.129 e. The van der Waals surface area contributed by atoms with Crippen LogP contribution in [-0.4, -0.2) is 24.6 Å². The Hall–Kier alpha value is -1.09. The summed E-state index contributed by atoms with van der Waals surface area (Å²) in [5.74, 6) is 1.92. The van der Waals surface area contributed by atoms with E-state index in [1.165, 1.54) is 18.4 Å². The van der Waals surface area contributed by atoms with Crippen LogP contribution < -0.4 is 10.2 Å². The molecule has 0 aromatic carbocycles. The van der Waals surface area contributed by atoms with Gasteiger partial charge in [0.15, 0.2) is 0 Å². The topological polar surface area (TPSA) is 28.2 Å². The highest BCUT2D eigenvalue weighted by molar-refractivity contribution is 5.43. The van der Waals surface area contributed by atoms with Gasteiger partial charge >= 0.3 is 0 Å². The van der Waals surface area contributed by atoms with Crippen molar-refractivity contribution in [3.63, 3.8) is 0 Å². The molecule has 1 aliphatic rings. The van der Waals surface area contributed by atoms with Crippen molar-refractivity contribution in [2.75, 3.05) is 18.5 Å². The summed E-state index contributed by atoms with van der Waals surface area (Å²) in [7, 11) is 1.97. The van der Waals surface area contributed by atoms with Crippen molar-refractivity contribution >= 4 is 5.82 Å². The number of aromatic nitrogens is 1. The van der Waals surface area contributed by atoms with E-state index in [9.17, 15) is 0 Å². The molecule has 1 aromatic heterocycles. The molecule has 0 amide bonds. The van der Waals surface area contributed by atoms with Crippen molar-refractivity contribution in [1.29, 1.82) is 0 Å². The highest BCUT2D eigenvalue weighted by Gasteiger charge is 2.24. The number of piperidine rings is 1. The maximum absolute atomic E-state index is 4.79. The van der Waals surface area contributed by atoms with Crippen molar-refractivity contribution in [2.24, 2.45) is 5.92 Å². The van der Waals surface area contributed by atoms with Gasteiger partial charge in [0.2, 0.25) is 0 Å². The standard InChI is InChI=1S/C15H25N3/c1-11-5-6-12(2)18(10-11)15-8-7-14(9-16-4)13(3)17-15/h7-8,11-12,16H,5-6,9-10H2,1-4H3. The monoisotopic (exact) mass is 247 g/mol. The fourth-order valence-corrected chi connectivity index (χ4v) is 2.72. The molecule has 0 aliphatic carbocycles. The van der Waals surface area contributed by atoms with E-state index in [-0.39, 0.29) is 0 Å². The third-order valence-electron chi connectivity index (χ3n) is 3.96. The second-order valence-corrected chi connectivity index (χ2v) is 5.63. The molecule has 18 heavy (non-hydrogen) atoms. The molecule has 1 aliphatic heterocycles. The molecule has 1 saturated heterocycles. The van der Waals surface area contributed by atoms with Gasteiger partial charge in [0.25, 0.3) is 0 Å². The minimum Gasteiger partial charge on any atom is -0.354 e. The molecule has 2 unspecified atom stereocenters. The lowest BCUT2D eigenvalue weighted by Crippen LogP contribution is -2.41. The molecule has 2 atom stereocenters. The summed E-state index contributed by atoms with van der Waals surface area (Å²) in [6.45, 7) is 8.78. The van der Waals surface area contributed by atoms with Crippen LogP contribution in [0.25, 0.3) is 0 Å². The van der Waals surface area contributed by atoms with E-state index in [1.807, 2.05) is 7.05 Å². The van der Waals surface area contributed by atoms with Crippen LogP contribution >= 0.6 is 0 Å². The molecule has 3 nitrogen and oxygen atoms in total. The zero-order valence-electron chi connectivity index (χ0n) is 12.0. The van der Waals surface area contributed by atoms with E-state index >= 15 is 0 Å². The quantitative estimate of drug-likeness (QED) is 0.890. The van der Waals surface area contributed by atoms with E-state index in [1.54, 1.807) is 0 Å². The lowest BCUT2D eigenvalue weighted by Gasteiger charge is -2.38. The highest BCUT2D eigenvalue weighted by Crippen LogP contribution is 2.26. The molecule has 0 bridgehead atoms. The third kappa shape index (κ3) is 2.83. The Labute approximate surface area is 111 Å². The molecular weight excluding hydrogens is 222 g/mol. The van der Waals surface area contributed by atoms with Crippen LogP contribution in [0.3, 0.4) is 0 Å². The Morgan fingerprint density at radius 1 is 1.33 bits per heavy atom. The first kappa shape index (κ1) is 13.3. The largest absolute Gasteiger partial charge is 0.354 e. The van der Waals surface area contributed by atoms with Crippen LogP contribution in [0.4, 0.5) is 5.82 Å². The van der Waals surface area contributed by atoms with Gasteiger partial charge in [0.1, 0.15) is 5.82 Å². The fourth-order valence-electron chi connectivity index (χ4n) is 2.72. The minimum atomic E-state index is 0.614. The lowest BCUT2D eigenvalue weighted by atomic mass is 9.95. The summed E-state index contributed by atoms with van der Waals surface area (Å²) in [4.78, 5) is 7.25. The first-order valence-electron chi connectivity index (χ1n) is 6.99. The van der Waals surface area contributed by atoms with Crippen molar-refractivity contribution in [2.45, 2.75) is 46.2 Å². The van der Waals surface area contributed by atoms with Crippen LogP contribution in [0.1, 0.15) is 37.9 Å². The SMILES string of the molecule is CNCc1ccc(N2CC(C)CCC2C)nc1C. The zero-order valence-corrected chi connectivity index (χ0v) is 12.0. The Bertz CT molecular complexity index is 403. The second-order valence-electron chi connectivity index (χ2n) is 5.63. The molecule has 3 heteroatoms. The maximum Gasteiger partial charge on any atom is 0.129 e. The number of hydrogen-bond donors (Lipinski definition) is 1. The number of aryl methyl sites for hydroxylation is 1. The van der Waals surface area contributed by atoms with Crippen molar-refractivity contribution < 1.29 is 0 Å². The van der Waals surface area contributed by atoms with Crippen LogP contribution in [0.2, 0.25) is 0 Å². The van der Waals surface area contributed by atoms with E-state index in [2.05, 4.69) is 43.1 Å². The van der Waals surface area contributed by atoms with Crippen LogP contribution in [-0.2, 0) is 6.54 Å². The van der Waals surface area contributed by atoms with E-state index in [0.717, 1.165) is 30.5 Å². The Morgan fingerprint density at radius 3 is 2.78 bits per heavy atom. The van der Waals surface area contributed by atoms with Gasteiger partial charge in [-0.15, -0.1) is 0 Å². The number of pyridine rings is 1. The number of nitrogens with one attached hydrogen (secondary N) is 1. The van der Waals surface area contributed by atoms with Gasteiger partial charge in [0, 0.05) is 24.8 Å². The molecule has 0 saturated carbocycles. The van der Waals surface area contributed by atoms with Crippen LogP contribution in [0, 0.1) is 12.8 Å². The predicted molar refractivity (Wildman–Crippen MR) is 76.9 cm³/mol. The van der Waals surface area contributed by atoms with E-state index < -0.39 is 0 Å². The van der Waals surface area contributed by atoms with Crippen LogP contribution in [0.5, 0.6) is 0 Å². The van der Waals surface area contributed by atoms with Gasteiger partial charge in [-0.05, 0) is 51.3 Å². The third-order valence-corrected chi connectivity index (χ3v) is 3.96. The molecule has 2 heterocycles. The average molecular weight is 247 g/mol. The predicted octanol–water partition coefficient (Wildman–Crippen LogP) is 2.73. The van der Waals surface area contributed by atoms with Crippen molar-refractivity contribution in [1.82, 2.24) is 10.3 Å². The Kier molecular flexibility index (Phi) is 4.23. The van der Waals surface area contributed by atoms with Gasteiger partial charge in [0.05, 0.1) is 0 Å².